The number of aryl methyl sites for hydroxylation is 2. The van der Waals surface area contributed by atoms with Crippen LogP contribution in [-0.2, 0) is 11.0 Å². The van der Waals surface area contributed by atoms with Gasteiger partial charge in [0.15, 0.2) is 11.0 Å². The molecule has 0 aliphatic heterocycles. The third kappa shape index (κ3) is 3.93. The van der Waals surface area contributed by atoms with Gasteiger partial charge in [0.1, 0.15) is 0 Å². The van der Waals surface area contributed by atoms with Crippen LogP contribution < -0.4 is 10.0 Å². The number of amides is 2. The third-order valence-corrected chi connectivity index (χ3v) is 3.80. The second kappa shape index (κ2) is 6.34. The SMILES string of the molecule is Cc1ccc(NC(=O)N[S@@](=O)c2ccc(C)cc2)cc1. The number of benzene rings is 2. The summed E-state index contributed by atoms with van der Waals surface area (Å²) in [5, 5.41) is 2.64. The van der Waals surface area contributed by atoms with Gasteiger partial charge in [-0.3, -0.25) is 4.72 Å². The lowest BCUT2D eigenvalue weighted by Crippen LogP contribution is -2.30. The number of hydrogen-bond donors (Lipinski definition) is 2. The van der Waals surface area contributed by atoms with E-state index in [9.17, 15) is 9.00 Å². The molecule has 2 amide bonds. The average molecular weight is 288 g/mol. The molecule has 0 aliphatic rings. The van der Waals surface area contributed by atoms with Crippen molar-refractivity contribution in [1.82, 2.24) is 4.72 Å². The molecule has 0 heterocycles. The lowest BCUT2D eigenvalue weighted by molar-refractivity contribution is 0.257. The summed E-state index contributed by atoms with van der Waals surface area (Å²) < 4.78 is 14.4. The fraction of sp³-hybridized carbons (Fsp3) is 0.133. The first kappa shape index (κ1) is 14.3. The van der Waals surface area contributed by atoms with E-state index in [4.69, 9.17) is 0 Å². The Balaban J connectivity index is 1.95. The molecule has 20 heavy (non-hydrogen) atoms. The van der Waals surface area contributed by atoms with E-state index in [0.717, 1.165) is 11.1 Å². The van der Waals surface area contributed by atoms with E-state index >= 15 is 0 Å². The Hall–Kier alpha value is -2.14. The Morgan fingerprint density at radius 3 is 1.95 bits per heavy atom. The Kier molecular flexibility index (Phi) is 4.53. The summed E-state index contributed by atoms with van der Waals surface area (Å²) in [6.45, 7) is 3.92. The number of nitrogens with one attached hydrogen (secondary N) is 2. The van der Waals surface area contributed by atoms with E-state index in [0.29, 0.717) is 10.6 Å². The first-order valence-corrected chi connectivity index (χ1v) is 7.32. The zero-order chi connectivity index (χ0) is 14.5. The van der Waals surface area contributed by atoms with Crippen LogP contribution in [0.2, 0.25) is 0 Å². The minimum absolute atomic E-state index is 0.493. The minimum atomic E-state index is -1.56. The molecule has 2 aromatic rings. The Bertz CT molecular complexity index is 621. The van der Waals surface area contributed by atoms with Gasteiger partial charge in [-0.25, -0.2) is 9.00 Å². The normalized spacial score (nSPS) is 11.7. The Morgan fingerprint density at radius 2 is 1.40 bits per heavy atom. The second-order valence-corrected chi connectivity index (χ2v) is 5.72. The molecule has 4 nitrogen and oxygen atoms in total. The van der Waals surface area contributed by atoms with Crippen molar-refractivity contribution >= 4 is 22.7 Å². The summed E-state index contributed by atoms with van der Waals surface area (Å²) in [6.07, 6.45) is 0. The molecule has 1 atom stereocenters. The molecule has 2 rings (SSSR count). The van der Waals surface area contributed by atoms with Crippen LogP contribution in [0, 0.1) is 13.8 Å². The first-order valence-electron chi connectivity index (χ1n) is 6.17. The van der Waals surface area contributed by atoms with Crippen LogP contribution in [-0.4, -0.2) is 10.2 Å². The molecule has 0 spiro atoms. The minimum Gasteiger partial charge on any atom is -0.307 e. The predicted molar refractivity (Wildman–Crippen MR) is 80.9 cm³/mol. The predicted octanol–water partition coefficient (Wildman–Crippen LogP) is 3.15. The van der Waals surface area contributed by atoms with Crippen LogP contribution in [0.1, 0.15) is 11.1 Å². The molecule has 2 N–H and O–H groups in total. The van der Waals surface area contributed by atoms with Crippen LogP contribution in [0.5, 0.6) is 0 Å². The van der Waals surface area contributed by atoms with Crippen LogP contribution in [0.25, 0.3) is 0 Å². The van der Waals surface area contributed by atoms with Crippen LogP contribution in [0.15, 0.2) is 53.4 Å². The standard InChI is InChI=1S/C15H16N2O2S/c1-11-3-7-13(8-4-11)16-15(18)17-20(19)14-9-5-12(2)6-10-14/h3-10H,1-2H3,(H2,16,17,18)/t20-/m0/s1. The highest BCUT2D eigenvalue weighted by atomic mass is 32.2. The first-order chi connectivity index (χ1) is 9.54. The number of hydrogen-bond acceptors (Lipinski definition) is 2. The summed E-state index contributed by atoms with van der Waals surface area (Å²) >= 11 is 0. The van der Waals surface area contributed by atoms with E-state index < -0.39 is 17.0 Å². The monoisotopic (exact) mass is 288 g/mol. The highest BCUT2D eigenvalue weighted by Gasteiger charge is 2.08. The summed E-state index contributed by atoms with van der Waals surface area (Å²) in [6, 6.07) is 14.1. The molecule has 0 fully saturated rings. The molecule has 0 aliphatic carbocycles. The molecule has 5 heteroatoms. The van der Waals surface area contributed by atoms with Gasteiger partial charge >= 0.3 is 6.03 Å². The smallest absolute Gasteiger partial charge is 0.307 e. The fourth-order valence-electron chi connectivity index (χ4n) is 1.60. The van der Waals surface area contributed by atoms with Gasteiger partial charge in [-0.05, 0) is 38.1 Å². The molecule has 0 unspecified atom stereocenters. The molecular formula is C15H16N2O2S. The lowest BCUT2D eigenvalue weighted by atomic mass is 10.2. The van der Waals surface area contributed by atoms with E-state index in [1.54, 1.807) is 24.3 Å². The largest absolute Gasteiger partial charge is 0.331 e. The van der Waals surface area contributed by atoms with Gasteiger partial charge in [0, 0.05) is 5.69 Å². The van der Waals surface area contributed by atoms with Crippen molar-refractivity contribution in [2.24, 2.45) is 0 Å². The van der Waals surface area contributed by atoms with Gasteiger partial charge in [0.05, 0.1) is 4.90 Å². The maximum absolute atomic E-state index is 11.9. The van der Waals surface area contributed by atoms with Crippen LogP contribution in [0.3, 0.4) is 0 Å². The molecule has 0 aromatic heterocycles. The maximum atomic E-state index is 11.9. The topological polar surface area (TPSA) is 58.2 Å². The van der Waals surface area contributed by atoms with Crippen molar-refractivity contribution in [3.63, 3.8) is 0 Å². The zero-order valence-corrected chi connectivity index (χ0v) is 12.2. The van der Waals surface area contributed by atoms with E-state index in [1.165, 1.54) is 0 Å². The summed E-state index contributed by atoms with van der Waals surface area (Å²) in [5.74, 6) is 0. The van der Waals surface area contributed by atoms with E-state index in [1.807, 2.05) is 38.1 Å². The summed E-state index contributed by atoms with van der Waals surface area (Å²) in [5.41, 5.74) is 2.85. The van der Waals surface area contributed by atoms with Gasteiger partial charge in [-0.15, -0.1) is 0 Å². The fourth-order valence-corrected chi connectivity index (χ4v) is 2.32. The highest BCUT2D eigenvalue weighted by Crippen LogP contribution is 2.09. The molecule has 0 bridgehead atoms. The van der Waals surface area contributed by atoms with Crippen molar-refractivity contribution in [1.29, 1.82) is 0 Å². The van der Waals surface area contributed by atoms with Crippen molar-refractivity contribution < 1.29 is 9.00 Å². The highest BCUT2D eigenvalue weighted by molar-refractivity contribution is 7.83. The quantitative estimate of drug-likeness (QED) is 0.911. The summed E-state index contributed by atoms with van der Waals surface area (Å²) in [7, 11) is -1.56. The van der Waals surface area contributed by atoms with Gasteiger partial charge in [-0.2, -0.15) is 0 Å². The number of rotatable bonds is 3. The third-order valence-electron chi connectivity index (χ3n) is 2.73. The van der Waals surface area contributed by atoms with Crippen molar-refractivity contribution in [3.8, 4) is 0 Å². The second-order valence-electron chi connectivity index (χ2n) is 4.50. The average Bonchev–Trinajstić information content (AvgIpc) is 2.42. The van der Waals surface area contributed by atoms with E-state index in [2.05, 4.69) is 10.0 Å². The zero-order valence-electron chi connectivity index (χ0n) is 11.3. The molecule has 0 saturated carbocycles. The number of carbonyl (C=O) groups excluding carboxylic acids is 1. The molecule has 2 aromatic carbocycles. The van der Waals surface area contributed by atoms with E-state index in [-0.39, 0.29) is 0 Å². The molecule has 104 valence electrons. The van der Waals surface area contributed by atoms with Gasteiger partial charge in [-0.1, -0.05) is 35.4 Å². The van der Waals surface area contributed by atoms with Gasteiger partial charge in [0.2, 0.25) is 0 Å². The molecule has 0 radical (unpaired) electrons. The number of anilines is 1. The van der Waals surface area contributed by atoms with Gasteiger partial charge in [0.25, 0.3) is 0 Å². The Morgan fingerprint density at radius 1 is 0.900 bits per heavy atom. The van der Waals surface area contributed by atoms with Crippen LogP contribution >= 0.6 is 0 Å². The van der Waals surface area contributed by atoms with Crippen molar-refractivity contribution in [3.05, 3.63) is 59.7 Å². The lowest BCUT2D eigenvalue weighted by Gasteiger charge is -2.07. The van der Waals surface area contributed by atoms with Crippen molar-refractivity contribution in [2.75, 3.05) is 5.32 Å². The Labute approximate surface area is 120 Å². The van der Waals surface area contributed by atoms with Crippen molar-refractivity contribution in [2.45, 2.75) is 18.7 Å². The summed E-state index contributed by atoms with van der Waals surface area (Å²) in [4.78, 5) is 12.3. The number of carbonyl (C=O) groups is 1. The number of urea groups is 1. The maximum Gasteiger partial charge on any atom is 0.331 e. The molecular weight excluding hydrogens is 272 g/mol. The van der Waals surface area contributed by atoms with Gasteiger partial charge < -0.3 is 5.32 Å². The molecule has 0 saturated heterocycles. The van der Waals surface area contributed by atoms with Crippen LogP contribution in [0.4, 0.5) is 10.5 Å².